The summed E-state index contributed by atoms with van der Waals surface area (Å²) in [5.74, 6) is 0.976. The molecule has 1 heteroatoms. The van der Waals surface area contributed by atoms with Crippen molar-refractivity contribution in [2.24, 2.45) is 5.92 Å². The van der Waals surface area contributed by atoms with Crippen molar-refractivity contribution < 1.29 is 0 Å². The normalized spacial score (nSPS) is 35.4. The fourth-order valence-electron chi connectivity index (χ4n) is 1.74. The van der Waals surface area contributed by atoms with E-state index in [1.165, 1.54) is 38.5 Å². The SMILES string of the molecule is CCC1CCCC(Cl)CC1. The van der Waals surface area contributed by atoms with Crippen molar-refractivity contribution in [3.63, 3.8) is 0 Å². The average Bonchev–Trinajstić information content (AvgIpc) is 2.14. The molecule has 1 aliphatic carbocycles. The Labute approximate surface area is 69.0 Å². The Morgan fingerprint density at radius 3 is 2.70 bits per heavy atom. The van der Waals surface area contributed by atoms with Crippen molar-refractivity contribution in [3.8, 4) is 0 Å². The third kappa shape index (κ3) is 2.49. The van der Waals surface area contributed by atoms with Gasteiger partial charge in [0.1, 0.15) is 0 Å². The Bertz CT molecular complexity index is 90.7. The van der Waals surface area contributed by atoms with E-state index in [0.29, 0.717) is 5.38 Å². The minimum absolute atomic E-state index is 0.483. The van der Waals surface area contributed by atoms with Crippen LogP contribution in [0.1, 0.15) is 45.4 Å². The maximum absolute atomic E-state index is 6.04. The second-order valence-corrected chi connectivity index (χ2v) is 4.00. The van der Waals surface area contributed by atoms with Crippen molar-refractivity contribution >= 4 is 11.6 Å². The fraction of sp³-hybridized carbons (Fsp3) is 1.00. The van der Waals surface area contributed by atoms with E-state index in [0.717, 1.165) is 5.92 Å². The summed E-state index contributed by atoms with van der Waals surface area (Å²) in [7, 11) is 0. The quantitative estimate of drug-likeness (QED) is 0.406. The fourth-order valence-corrected chi connectivity index (χ4v) is 2.02. The van der Waals surface area contributed by atoms with Crippen LogP contribution in [0.2, 0.25) is 0 Å². The van der Waals surface area contributed by atoms with E-state index >= 15 is 0 Å². The lowest BCUT2D eigenvalue weighted by atomic mass is 9.98. The number of hydrogen-bond acceptors (Lipinski definition) is 0. The van der Waals surface area contributed by atoms with Gasteiger partial charge in [-0.25, -0.2) is 0 Å². The van der Waals surface area contributed by atoms with Gasteiger partial charge in [-0.2, -0.15) is 0 Å². The van der Waals surface area contributed by atoms with E-state index in [9.17, 15) is 0 Å². The lowest BCUT2D eigenvalue weighted by Crippen LogP contribution is -1.97. The molecule has 0 spiro atoms. The minimum atomic E-state index is 0.483. The van der Waals surface area contributed by atoms with Gasteiger partial charge in [0.2, 0.25) is 0 Å². The Kier molecular flexibility index (Phi) is 3.55. The number of hydrogen-bond donors (Lipinski definition) is 0. The largest absolute Gasteiger partial charge is 0.123 e. The van der Waals surface area contributed by atoms with Crippen LogP contribution < -0.4 is 0 Å². The Morgan fingerprint density at radius 1 is 1.20 bits per heavy atom. The highest BCUT2D eigenvalue weighted by molar-refractivity contribution is 6.20. The zero-order valence-electron chi connectivity index (χ0n) is 6.78. The first-order valence-electron chi connectivity index (χ1n) is 4.47. The number of alkyl halides is 1. The molecule has 0 amide bonds. The van der Waals surface area contributed by atoms with Crippen LogP contribution in [-0.4, -0.2) is 5.38 Å². The monoisotopic (exact) mass is 160 g/mol. The van der Waals surface area contributed by atoms with Gasteiger partial charge in [0.15, 0.2) is 0 Å². The second kappa shape index (κ2) is 4.23. The third-order valence-electron chi connectivity index (χ3n) is 2.60. The highest BCUT2D eigenvalue weighted by Gasteiger charge is 2.15. The van der Waals surface area contributed by atoms with E-state index in [-0.39, 0.29) is 0 Å². The van der Waals surface area contributed by atoms with Crippen molar-refractivity contribution in [2.75, 3.05) is 0 Å². The van der Waals surface area contributed by atoms with Crippen molar-refractivity contribution in [3.05, 3.63) is 0 Å². The maximum Gasteiger partial charge on any atom is 0.0336 e. The van der Waals surface area contributed by atoms with E-state index in [1.54, 1.807) is 0 Å². The molecule has 0 aromatic rings. The topological polar surface area (TPSA) is 0 Å². The van der Waals surface area contributed by atoms with Crippen LogP contribution in [0.4, 0.5) is 0 Å². The van der Waals surface area contributed by atoms with Gasteiger partial charge in [0.25, 0.3) is 0 Å². The van der Waals surface area contributed by atoms with Crippen LogP contribution in [-0.2, 0) is 0 Å². The smallest absolute Gasteiger partial charge is 0.0336 e. The van der Waals surface area contributed by atoms with Gasteiger partial charge in [-0.1, -0.05) is 26.2 Å². The first kappa shape index (κ1) is 8.39. The van der Waals surface area contributed by atoms with Gasteiger partial charge in [-0.05, 0) is 25.2 Å². The summed E-state index contributed by atoms with van der Waals surface area (Å²) in [6.07, 6.45) is 7.98. The molecule has 0 N–H and O–H groups in total. The molecule has 60 valence electrons. The van der Waals surface area contributed by atoms with Crippen molar-refractivity contribution in [1.29, 1.82) is 0 Å². The zero-order chi connectivity index (χ0) is 7.40. The lowest BCUT2D eigenvalue weighted by molar-refractivity contribution is 0.447. The van der Waals surface area contributed by atoms with Crippen LogP contribution in [0.5, 0.6) is 0 Å². The summed E-state index contributed by atoms with van der Waals surface area (Å²) in [4.78, 5) is 0. The van der Waals surface area contributed by atoms with Gasteiger partial charge in [-0.3, -0.25) is 0 Å². The summed E-state index contributed by atoms with van der Waals surface area (Å²) in [6.45, 7) is 2.29. The summed E-state index contributed by atoms with van der Waals surface area (Å²) in [5, 5.41) is 0.483. The summed E-state index contributed by atoms with van der Waals surface area (Å²) in [6, 6.07) is 0. The first-order valence-corrected chi connectivity index (χ1v) is 4.90. The molecule has 1 saturated carbocycles. The van der Waals surface area contributed by atoms with E-state index in [2.05, 4.69) is 6.92 Å². The molecule has 0 radical (unpaired) electrons. The standard InChI is InChI=1S/C9H17Cl/c1-2-8-4-3-5-9(10)7-6-8/h8-9H,2-7H2,1H3. The molecule has 1 rings (SSSR count). The second-order valence-electron chi connectivity index (χ2n) is 3.38. The van der Waals surface area contributed by atoms with Crippen molar-refractivity contribution in [1.82, 2.24) is 0 Å². The molecule has 0 heterocycles. The Morgan fingerprint density at radius 2 is 2.00 bits per heavy atom. The predicted molar refractivity (Wildman–Crippen MR) is 46.5 cm³/mol. The molecule has 0 aromatic carbocycles. The molecule has 1 aliphatic rings. The van der Waals surface area contributed by atoms with E-state index in [1.807, 2.05) is 0 Å². The highest BCUT2D eigenvalue weighted by atomic mass is 35.5. The van der Waals surface area contributed by atoms with E-state index < -0.39 is 0 Å². The number of rotatable bonds is 1. The molecule has 10 heavy (non-hydrogen) atoms. The highest BCUT2D eigenvalue weighted by Crippen LogP contribution is 2.27. The van der Waals surface area contributed by atoms with Gasteiger partial charge in [-0.15, -0.1) is 11.6 Å². The molecule has 0 saturated heterocycles. The Hall–Kier alpha value is 0.290. The molecule has 0 bridgehead atoms. The summed E-state index contributed by atoms with van der Waals surface area (Å²) < 4.78 is 0. The first-order chi connectivity index (χ1) is 4.83. The molecule has 1 fully saturated rings. The minimum Gasteiger partial charge on any atom is -0.123 e. The predicted octanol–water partition coefficient (Wildman–Crippen LogP) is 3.58. The van der Waals surface area contributed by atoms with Gasteiger partial charge in [0.05, 0.1) is 0 Å². The lowest BCUT2D eigenvalue weighted by Gasteiger charge is -2.09. The van der Waals surface area contributed by atoms with Crippen LogP contribution in [0.25, 0.3) is 0 Å². The summed E-state index contributed by atoms with van der Waals surface area (Å²) in [5.41, 5.74) is 0. The van der Waals surface area contributed by atoms with Crippen LogP contribution in [0.3, 0.4) is 0 Å². The molecule has 2 atom stereocenters. The van der Waals surface area contributed by atoms with E-state index in [4.69, 9.17) is 11.6 Å². The third-order valence-corrected chi connectivity index (χ3v) is 3.03. The molecular formula is C9H17Cl. The average molecular weight is 161 g/mol. The molecule has 0 nitrogen and oxygen atoms in total. The van der Waals surface area contributed by atoms with Gasteiger partial charge in [0, 0.05) is 5.38 Å². The molecule has 2 unspecified atom stereocenters. The summed E-state index contributed by atoms with van der Waals surface area (Å²) >= 11 is 6.04. The molecule has 0 aliphatic heterocycles. The van der Waals surface area contributed by atoms with Crippen molar-refractivity contribution in [2.45, 2.75) is 50.8 Å². The maximum atomic E-state index is 6.04. The molecular weight excluding hydrogens is 144 g/mol. The van der Waals surface area contributed by atoms with Gasteiger partial charge < -0.3 is 0 Å². The van der Waals surface area contributed by atoms with Crippen LogP contribution in [0, 0.1) is 5.92 Å². The van der Waals surface area contributed by atoms with Crippen LogP contribution in [0.15, 0.2) is 0 Å². The van der Waals surface area contributed by atoms with Crippen LogP contribution >= 0.6 is 11.6 Å². The number of halogens is 1. The molecule has 0 aromatic heterocycles. The van der Waals surface area contributed by atoms with Gasteiger partial charge >= 0.3 is 0 Å². The zero-order valence-corrected chi connectivity index (χ0v) is 7.53. The Balaban J connectivity index is 2.26.